The molecule has 0 saturated heterocycles. The fourth-order valence-corrected chi connectivity index (χ4v) is 1.92. The van der Waals surface area contributed by atoms with Crippen LogP contribution in [0.15, 0.2) is 42.5 Å². The molecule has 0 fully saturated rings. The van der Waals surface area contributed by atoms with E-state index < -0.39 is 0 Å². The Bertz CT molecular complexity index is 644. The van der Waals surface area contributed by atoms with E-state index in [2.05, 4.69) is 5.32 Å². The Balaban J connectivity index is 2.11. The van der Waals surface area contributed by atoms with E-state index in [1.54, 1.807) is 24.3 Å². The lowest BCUT2D eigenvalue weighted by Gasteiger charge is -2.12. The Morgan fingerprint density at radius 3 is 2.76 bits per heavy atom. The summed E-state index contributed by atoms with van der Waals surface area (Å²) in [7, 11) is 0. The highest BCUT2D eigenvalue weighted by Crippen LogP contribution is 2.25. The quantitative estimate of drug-likeness (QED) is 0.889. The Kier molecular flexibility index (Phi) is 4.90. The molecule has 4 nitrogen and oxygen atoms in total. The molecule has 21 heavy (non-hydrogen) atoms. The number of nitrogens with two attached hydrogens (primary N) is 1. The molecule has 0 bridgehead atoms. The van der Waals surface area contributed by atoms with E-state index in [4.69, 9.17) is 10.5 Å². The van der Waals surface area contributed by atoms with E-state index >= 15 is 0 Å². The van der Waals surface area contributed by atoms with Crippen LogP contribution in [0.1, 0.15) is 18.1 Å². The minimum Gasteiger partial charge on any atom is -0.487 e. The first kappa shape index (κ1) is 15.0. The van der Waals surface area contributed by atoms with Gasteiger partial charge in [-0.2, -0.15) is 0 Å². The number of ether oxygens (including phenoxy) is 1. The van der Waals surface area contributed by atoms with Crippen molar-refractivity contribution < 1.29 is 13.9 Å². The summed E-state index contributed by atoms with van der Waals surface area (Å²) in [6.07, 6.45) is 0. The SMILES string of the molecule is CC(=O)Nc1ccccc1OCc1ccc(F)c(CN)c1. The number of amides is 1. The van der Waals surface area contributed by atoms with Gasteiger partial charge in [-0.25, -0.2) is 4.39 Å². The monoisotopic (exact) mass is 288 g/mol. The molecule has 0 heterocycles. The van der Waals surface area contributed by atoms with Crippen molar-refractivity contribution in [1.29, 1.82) is 0 Å². The lowest BCUT2D eigenvalue weighted by molar-refractivity contribution is -0.114. The second kappa shape index (κ2) is 6.85. The first-order valence-electron chi connectivity index (χ1n) is 6.57. The van der Waals surface area contributed by atoms with Crippen molar-refractivity contribution in [3.63, 3.8) is 0 Å². The topological polar surface area (TPSA) is 64.3 Å². The van der Waals surface area contributed by atoms with Gasteiger partial charge in [0, 0.05) is 19.0 Å². The maximum Gasteiger partial charge on any atom is 0.221 e. The van der Waals surface area contributed by atoms with Crippen LogP contribution in [0.25, 0.3) is 0 Å². The molecule has 0 aromatic heterocycles. The number of halogens is 1. The smallest absolute Gasteiger partial charge is 0.221 e. The number of carbonyl (C=O) groups is 1. The Morgan fingerprint density at radius 2 is 2.05 bits per heavy atom. The zero-order valence-electron chi connectivity index (χ0n) is 11.7. The molecule has 2 aromatic rings. The third-order valence-corrected chi connectivity index (χ3v) is 2.92. The van der Waals surface area contributed by atoms with Crippen molar-refractivity contribution in [3.05, 3.63) is 59.4 Å². The highest BCUT2D eigenvalue weighted by Gasteiger charge is 2.06. The Morgan fingerprint density at radius 1 is 1.29 bits per heavy atom. The minimum atomic E-state index is -0.320. The second-order valence-corrected chi connectivity index (χ2v) is 4.60. The molecule has 0 spiro atoms. The molecule has 3 N–H and O–H groups in total. The van der Waals surface area contributed by atoms with Crippen molar-refractivity contribution in [1.82, 2.24) is 0 Å². The van der Waals surface area contributed by atoms with Crippen molar-refractivity contribution in [2.75, 3.05) is 5.32 Å². The maximum absolute atomic E-state index is 13.4. The minimum absolute atomic E-state index is 0.141. The zero-order valence-corrected chi connectivity index (χ0v) is 11.7. The second-order valence-electron chi connectivity index (χ2n) is 4.60. The summed E-state index contributed by atoms with van der Waals surface area (Å²) >= 11 is 0. The summed E-state index contributed by atoms with van der Waals surface area (Å²) in [5.74, 6) is 0.0736. The van der Waals surface area contributed by atoms with Crippen LogP contribution in [0.4, 0.5) is 10.1 Å². The van der Waals surface area contributed by atoms with Gasteiger partial charge in [-0.3, -0.25) is 4.79 Å². The summed E-state index contributed by atoms with van der Waals surface area (Å²) in [4.78, 5) is 11.1. The molecule has 0 unspecified atom stereocenters. The number of anilines is 1. The number of rotatable bonds is 5. The van der Waals surface area contributed by atoms with E-state index in [0.29, 0.717) is 17.0 Å². The molecular formula is C16H17FN2O2. The van der Waals surface area contributed by atoms with Gasteiger partial charge >= 0.3 is 0 Å². The fourth-order valence-electron chi connectivity index (χ4n) is 1.92. The van der Waals surface area contributed by atoms with E-state index in [0.717, 1.165) is 5.56 Å². The number of hydrogen-bond acceptors (Lipinski definition) is 3. The van der Waals surface area contributed by atoms with Gasteiger partial charge in [0.1, 0.15) is 18.2 Å². The largest absolute Gasteiger partial charge is 0.487 e. The maximum atomic E-state index is 13.4. The van der Waals surface area contributed by atoms with Gasteiger partial charge in [0.05, 0.1) is 5.69 Å². The highest BCUT2D eigenvalue weighted by atomic mass is 19.1. The van der Waals surface area contributed by atoms with Gasteiger partial charge in [0.25, 0.3) is 0 Å². The van der Waals surface area contributed by atoms with Crippen LogP contribution in [0, 0.1) is 5.82 Å². The summed E-state index contributed by atoms with van der Waals surface area (Å²) in [6, 6.07) is 11.8. The van der Waals surface area contributed by atoms with Gasteiger partial charge in [0.15, 0.2) is 0 Å². The zero-order chi connectivity index (χ0) is 15.2. The summed E-state index contributed by atoms with van der Waals surface area (Å²) in [5.41, 5.74) is 7.34. The van der Waals surface area contributed by atoms with E-state index in [1.807, 2.05) is 12.1 Å². The van der Waals surface area contributed by atoms with Gasteiger partial charge in [-0.1, -0.05) is 18.2 Å². The molecule has 0 aliphatic rings. The molecular weight excluding hydrogens is 271 g/mol. The number of hydrogen-bond donors (Lipinski definition) is 2. The van der Waals surface area contributed by atoms with Gasteiger partial charge < -0.3 is 15.8 Å². The van der Waals surface area contributed by atoms with E-state index in [1.165, 1.54) is 13.0 Å². The number of para-hydroxylation sites is 2. The first-order valence-corrected chi connectivity index (χ1v) is 6.57. The number of benzene rings is 2. The van der Waals surface area contributed by atoms with Crippen LogP contribution >= 0.6 is 0 Å². The highest BCUT2D eigenvalue weighted by molar-refractivity contribution is 5.90. The normalized spacial score (nSPS) is 10.2. The first-order chi connectivity index (χ1) is 10.1. The average Bonchev–Trinajstić information content (AvgIpc) is 2.47. The summed E-state index contributed by atoms with van der Waals surface area (Å²) in [6.45, 7) is 1.84. The molecule has 5 heteroatoms. The lowest BCUT2D eigenvalue weighted by atomic mass is 10.1. The predicted molar refractivity (Wildman–Crippen MR) is 79.4 cm³/mol. The lowest BCUT2D eigenvalue weighted by Crippen LogP contribution is -2.08. The van der Waals surface area contributed by atoms with Gasteiger partial charge in [-0.05, 0) is 29.8 Å². The number of carbonyl (C=O) groups excluding carboxylic acids is 1. The van der Waals surface area contributed by atoms with Crippen molar-refractivity contribution in [2.45, 2.75) is 20.1 Å². The van der Waals surface area contributed by atoms with Crippen molar-refractivity contribution >= 4 is 11.6 Å². The molecule has 2 rings (SSSR count). The molecule has 2 aromatic carbocycles. The third kappa shape index (κ3) is 4.03. The molecule has 110 valence electrons. The van der Waals surface area contributed by atoms with E-state index in [9.17, 15) is 9.18 Å². The fraction of sp³-hybridized carbons (Fsp3) is 0.188. The molecule has 0 aliphatic carbocycles. The summed E-state index contributed by atoms with van der Waals surface area (Å²) < 4.78 is 19.1. The molecule has 1 amide bonds. The molecule has 0 aliphatic heterocycles. The van der Waals surface area contributed by atoms with Crippen LogP contribution in [-0.4, -0.2) is 5.91 Å². The predicted octanol–water partition coefficient (Wildman–Crippen LogP) is 2.82. The van der Waals surface area contributed by atoms with Gasteiger partial charge in [-0.15, -0.1) is 0 Å². The molecule has 0 saturated carbocycles. The van der Waals surface area contributed by atoms with Crippen molar-refractivity contribution in [2.24, 2.45) is 5.73 Å². The number of nitrogens with one attached hydrogen (secondary N) is 1. The van der Waals surface area contributed by atoms with Crippen LogP contribution < -0.4 is 15.8 Å². The Hall–Kier alpha value is -2.40. The summed E-state index contributed by atoms with van der Waals surface area (Å²) in [5, 5.41) is 2.70. The molecule has 0 radical (unpaired) electrons. The molecule has 0 atom stereocenters. The average molecular weight is 288 g/mol. The standard InChI is InChI=1S/C16H17FN2O2/c1-11(20)19-15-4-2-3-5-16(15)21-10-12-6-7-14(17)13(8-12)9-18/h2-8H,9-10,18H2,1H3,(H,19,20). The van der Waals surface area contributed by atoms with Crippen LogP contribution in [0.3, 0.4) is 0 Å². The van der Waals surface area contributed by atoms with Crippen molar-refractivity contribution in [3.8, 4) is 5.75 Å². The Labute approximate surface area is 122 Å². The van der Waals surface area contributed by atoms with E-state index in [-0.39, 0.29) is 24.9 Å². The van der Waals surface area contributed by atoms with Gasteiger partial charge in [0.2, 0.25) is 5.91 Å². The van der Waals surface area contributed by atoms with Crippen LogP contribution in [-0.2, 0) is 17.9 Å². The van der Waals surface area contributed by atoms with Crippen LogP contribution in [0.2, 0.25) is 0 Å². The van der Waals surface area contributed by atoms with Crippen LogP contribution in [0.5, 0.6) is 5.75 Å². The third-order valence-electron chi connectivity index (χ3n) is 2.92.